The van der Waals surface area contributed by atoms with E-state index in [1.807, 2.05) is 32.2 Å². The van der Waals surface area contributed by atoms with Crippen molar-refractivity contribution >= 4 is 51.2 Å². The Morgan fingerprint density at radius 1 is 1.27 bits per heavy atom. The fraction of sp³-hybridized carbons (Fsp3) is 0.250. The van der Waals surface area contributed by atoms with Gasteiger partial charge in [-0.05, 0) is 19.1 Å². The highest BCUT2D eigenvalue weighted by Gasteiger charge is 2.20. The number of amides is 1. The number of H-pyrrole nitrogens is 1. The van der Waals surface area contributed by atoms with Crippen LogP contribution in [0.15, 0.2) is 36.9 Å². The second kappa shape index (κ2) is 8.11. The molecule has 4 aromatic rings. The van der Waals surface area contributed by atoms with Crippen molar-refractivity contribution in [2.24, 2.45) is 0 Å². The summed E-state index contributed by atoms with van der Waals surface area (Å²) < 4.78 is 0. The quantitative estimate of drug-likeness (QED) is 0.436. The maximum Gasteiger partial charge on any atom is 0.239 e. The van der Waals surface area contributed by atoms with Crippen molar-refractivity contribution in [1.29, 1.82) is 0 Å². The minimum atomic E-state index is -0.183. The second-order valence-electron chi connectivity index (χ2n) is 6.93. The zero-order chi connectivity index (χ0) is 21.3. The lowest BCUT2D eigenvalue weighted by Gasteiger charge is -2.25. The first kappa shape index (κ1) is 19.8. The molecule has 4 rings (SSSR count). The summed E-state index contributed by atoms with van der Waals surface area (Å²) in [5.41, 5.74) is 2.89. The first-order chi connectivity index (χ1) is 14.5. The number of aromatic amines is 1. The summed E-state index contributed by atoms with van der Waals surface area (Å²) >= 11 is 6.38. The van der Waals surface area contributed by atoms with E-state index in [9.17, 15) is 4.79 Å². The molecule has 0 saturated heterocycles. The van der Waals surface area contributed by atoms with E-state index in [-0.39, 0.29) is 18.5 Å². The van der Waals surface area contributed by atoms with Gasteiger partial charge in [0, 0.05) is 25.0 Å². The van der Waals surface area contributed by atoms with Gasteiger partial charge in [-0.2, -0.15) is 0 Å². The second-order valence-corrected chi connectivity index (χ2v) is 7.34. The van der Waals surface area contributed by atoms with Crippen molar-refractivity contribution in [3.05, 3.63) is 47.5 Å². The van der Waals surface area contributed by atoms with E-state index in [2.05, 4.69) is 30.6 Å². The molecular formula is C20H21ClN8O. The van der Waals surface area contributed by atoms with E-state index >= 15 is 0 Å². The molecule has 3 aromatic heterocycles. The molecule has 0 aliphatic heterocycles. The highest BCUT2D eigenvalue weighted by atomic mass is 35.5. The number of carbonyl (C=O) groups is 1. The van der Waals surface area contributed by atoms with Gasteiger partial charge in [0.25, 0.3) is 0 Å². The van der Waals surface area contributed by atoms with Crippen molar-refractivity contribution < 1.29 is 4.79 Å². The number of hydrogen-bond acceptors (Lipinski definition) is 7. The molecule has 9 nitrogen and oxygen atoms in total. The number of carbonyl (C=O) groups excluding carboxylic acids is 1. The normalized spacial score (nSPS) is 12.1. The number of likely N-dealkylation sites (N-methyl/N-ethyl adjacent to an activating group) is 2. The minimum absolute atomic E-state index is 0.112. The third-order valence-corrected chi connectivity index (χ3v) is 5.17. The van der Waals surface area contributed by atoms with Crippen LogP contribution in [0.5, 0.6) is 0 Å². The molecule has 30 heavy (non-hydrogen) atoms. The summed E-state index contributed by atoms with van der Waals surface area (Å²) in [6, 6.07) is 7.50. The van der Waals surface area contributed by atoms with Crippen LogP contribution < -0.4 is 15.5 Å². The Morgan fingerprint density at radius 2 is 2.10 bits per heavy atom. The molecule has 3 N–H and O–H groups in total. The van der Waals surface area contributed by atoms with Crippen LogP contribution in [0.4, 0.5) is 11.6 Å². The van der Waals surface area contributed by atoms with Crippen LogP contribution in [0.2, 0.25) is 5.02 Å². The van der Waals surface area contributed by atoms with Gasteiger partial charge in [0.2, 0.25) is 5.91 Å². The van der Waals surface area contributed by atoms with Gasteiger partial charge in [0.15, 0.2) is 11.5 Å². The van der Waals surface area contributed by atoms with Crippen LogP contribution in [-0.2, 0) is 4.79 Å². The van der Waals surface area contributed by atoms with Crippen LogP contribution in [-0.4, -0.2) is 51.5 Å². The van der Waals surface area contributed by atoms with Crippen LogP contribution in [0, 0.1) is 0 Å². The largest absolute Gasteiger partial charge is 0.361 e. The third kappa shape index (κ3) is 3.71. The van der Waals surface area contributed by atoms with Crippen molar-refractivity contribution in [3.63, 3.8) is 0 Å². The van der Waals surface area contributed by atoms with Gasteiger partial charge < -0.3 is 20.5 Å². The van der Waals surface area contributed by atoms with Crippen LogP contribution in [0.25, 0.3) is 22.1 Å². The standard InChI is InChI=1S/C20H21ClN8O/c1-11(27-19-17-18(24-9-23-17)25-10-26-19)13-7-12-5-4-6-14(21)16(12)28-20(13)29(3)8-15(30)22-2/h4-7,9-11H,8H2,1-3H3,(H,22,30)(H2,23,24,25,26,27)/t11-/m0/s1. The van der Waals surface area contributed by atoms with Gasteiger partial charge in [0.1, 0.15) is 17.7 Å². The molecule has 0 spiro atoms. The Morgan fingerprint density at radius 3 is 2.90 bits per heavy atom. The number of hydrogen-bond donors (Lipinski definition) is 3. The lowest BCUT2D eigenvalue weighted by atomic mass is 10.1. The number of anilines is 2. The number of aromatic nitrogens is 5. The Balaban J connectivity index is 1.78. The molecule has 0 radical (unpaired) electrons. The predicted molar refractivity (Wildman–Crippen MR) is 118 cm³/mol. The van der Waals surface area contributed by atoms with Gasteiger partial charge in [-0.25, -0.2) is 19.9 Å². The molecule has 0 aliphatic carbocycles. The first-order valence-electron chi connectivity index (χ1n) is 9.39. The minimum Gasteiger partial charge on any atom is -0.361 e. The molecule has 1 aromatic carbocycles. The maximum absolute atomic E-state index is 12.0. The summed E-state index contributed by atoms with van der Waals surface area (Å²) in [6.45, 7) is 2.17. The number of benzene rings is 1. The molecule has 1 amide bonds. The van der Waals surface area contributed by atoms with Crippen LogP contribution in [0.3, 0.4) is 0 Å². The van der Waals surface area contributed by atoms with Gasteiger partial charge in [-0.1, -0.05) is 23.7 Å². The molecule has 3 heterocycles. The zero-order valence-electron chi connectivity index (χ0n) is 16.8. The van der Waals surface area contributed by atoms with Gasteiger partial charge in [-0.3, -0.25) is 4.79 Å². The molecular weight excluding hydrogens is 404 g/mol. The lowest BCUT2D eigenvalue weighted by molar-refractivity contribution is -0.119. The number of nitrogens with one attached hydrogen (secondary N) is 3. The molecule has 0 fully saturated rings. The summed E-state index contributed by atoms with van der Waals surface area (Å²) in [6.07, 6.45) is 3.06. The van der Waals surface area contributed by atoms with E-state index in [0.717, 1.165) is 10.9 Å². The smallest absolute Gasteiger partial charge is 0.239 e. The Hall–Kier alpha value is -3.46. The molecule has 0 unspecified atom stereocenters. The van der Waals surface area contributed by atoms with Crippen molar-refractivity contribution in [2.75, 3.05) is 30.9 Å². The SMILES string of the molecule is CNC(=O)CN(C)c1nc2c(Cl)cccc2cc1[C@H](C)Nc1ncnc2[nH]cnc12. The number of rotatable bonds is 6. The van der Waals surface area contributed by atoms with Crippen molar-refractivity contribution in [3.8, 4) is 0 Å². The highest BCUT2D eigenvalue weighted by Crippen LogP contribution is 2.33. The molecule has 0 aliphatic rings. The van der Waals surface area contributed by atoms with E-state index < -0.39 is 0 Å². The van der Waals surface area contributed by atoms with Crippen LogP contribution >= 0.6 is 11.6 Å². The third-order valence-electron chi connectivity index (χ3n) is 4.86. The van der Waals surface area contributed by atoms with E-state index in [0.29, 0.717) is 33.3 Å². The monoisotopic (exact) mass is 424 g/mol. The number of halogens is 1. The zero-order valence-corrected chi connectivity index (χ0v) is 17.5. The van der Waals surface area contributed by atoms with E-state index in [1.54, 1.807) is 24.3 Å². The fourth-order valence-electron chi connectivity index (χ4n) is 3.32. The summed E-state index contributed by atoms with van der Waals surface area (Å²) in [4.78, 5) is 34.3. The lowest BCUT2D eigenvalue weighted by Crippen LogP contribution is -2.34. The predicted octanol–water partition coefficient (Wildman–Crippen LogP) is 2.91. The van der Waals surface area contributed by atoms with E-state index in [1.165, 1.54) is 6.33 Å². The topological polar surface area (TPSA) is 112 Å². The van der Waals surface area contributed by atoms with Gasteiger partial charge in [0.05, 0.1) is 29.5 Å². The van der Waals surface area contributed by atoms with Crippen molar-refractivity contribution in [1.82, 2.24) is 30.2 Å². The molecule has 1 atom stereocenters. The summed E-state index contributed by atoms with van der Waals surface area (Å²) in [5.74, 6) is 1.16. The average Bonchev–Trinajstić information content (AvgIpc) is 3.23. The van der Waals surface area contributed by atoms with Crippen molar-refractivity contribution in [2.45, 2.75) is 13.0 Å². The van der Waals surface area contributed by atoms with E-state index in [4.69, 9.17) is 16.6 Å². The summed E-state index contributed by atoms with van der Waals surface area (Å²) in [7, 11) is 3.43. The van der Waals surface area contributed by atoms with Gasteiger partial charge in [-0.15, -0.1) is 0 Å². The number of pyridine rings is 1. The maximum atomic E-state index is 12.0. The summed E-state index contributed by atoms with van der Waals surface area (Å²) in [5, 5.41) is 7.51. The fourth-order valence-corrected chi connectivity index (χ4v) is 3.54. The number of para-hydroxylation sites is 1. The molecule has 0 bridgehead atoms. The Labute approximate surface area is 177 Å². The molecule has 10 heteroatoms. The van der Waals surface area contributed by atoms with Gasteiger partial charge >= 0.3 is 0 Å². The molecule has 0 saturated carbocycles. The molecule has 154 valence electrons. The Kier molecular flexibility index (Phi) is 5.37. The number of nitrogens with zero attached hydrogens (tertiary/aromatic N) is 5. The average molecular weight is 425 g/mol. The Bertz CT molecular complexity index is 1220. The van der Waals surface area contributed by atoms with Crippen LogP contribution in [0.1, 0.15) is 18.5 Å². The first-order valence-corrected chi connectivity index (χ1v) is 9.77. The number of imidazole rings is 1. The highest BCUT2D eigenvalue weighted by molar-refractivity contribution is 6.35. The number of fused-ring (bicyclic) bond motifs is 2.